The van der Waals surface area contributed by atoms with Crippen molar-refractivity contribution in [1.82, 2.24) is 9.78 Å². The maximum atomic E-state index is 13.5. The minimum atomic E-state index is -0.559. The summed E-state index contributed by atoms with van der Waals surface area (Å²) in [7, 11) is 0. The van der Waals surface area contributed by atoms with Crippen molar-refractivity contribution in [3.8, 4) is 0 Å². The summed E-state index contributed by atoms with van der Waals surface area (Å²) in [4.78, 5) is 0. The number of aromatic nitrogens is 2. The minimum absolute atomic E-state index is 0.262. The molecule has 90 valence electrons. The summed E-state index contributed by atoms with van der Waals surface area (Å²) in [6, 6.07) is 4.79. The second kappa shape index (κ2) is 4.98. The van der Waals surface area contributed by atoms with Gasteiger partial charge in [0.15, 0.2) is 0 Å². The topological polar surface area (TPSA) is 38.1 Å². The van der Waals surface area contributed by atoms with Crippen LogP contribution in [0.15, 0.2) is 35.1 Å². The van der Waals surface area contributed by atoms with Gasteiger partial charge in [-0.1, -0.05) is 15.9 Å². The highest BCUT2D eigenvalue weighted by atomic mass is 79.9. The Morgan fingerprint density at radius 3 is 2.94 bits per heavy atom. The van der Waals surface area contributed by atoms with Gasteiger partial charge in [-0.3, -0.25) is 4.68 Å². The molecule has 17 heavy (non-hydrogen) atoms. The Bertz CT molecular complexity index is 525. The van der Waals surface area contributed by atoms with Crippen LogP contribution in [-0.4, -0.2) is 14.9 Å². The van der Waals surface area contributed by atoms with E-state index in [9.17, 15) is 9.50 Å². The molecule has 0 aliphatic rings. The molecule has 2 aromatic rings. The zero-order chi connectivity index (χ0) is 12.4. The van der Waals surface area contributed by atoms with Crippen LogP contribution in [0, 0.1) is 5.82 Å². The molecule has 0 radical (unpaired) electrons. The van der Waals surface area contributed by atoms with E-state index in [1.165, 1.54) is 6.07 Å². The molecule has 0 amide bonds. The smallest absolute Gasteiger partial charge is 0.128 e. The van der Waals surface area contributed by atoms with E-state index in [4.69, 9.17) is 0 Å². The summed E-state index contributed by atoms with van der Waals surface area (Å²) in [6.45, 7) is 2.01. The Morgan fingerprint density at radius 2 is 2.29 bits per heavy atom. The average Bonchev–Trinajstić information content (AvgIpc) is 2.72. The van der Waals surface area contributed by atoms with Crippen molar-refractivity contribution >= 4 is 15.9 Å². The molecule has 0 saturated heterocycles. The lowest BCUT2D eigenvalue weighted by Gasteiger charge is -2.04. The Hall–Kier alpha value is -1.20. The number of nitrogens with zero attached hydrogens (tertiary/aromatic N) is 2. The van der Waals surface area contributed by atoms with Gasteiger partial charge in [-0.15, -0.1) is 0 Å². The Kier molecular flexibility index (Phi) is 3.59. The predicted octanol–water partition coefficient (Wildman–Crippen LogP) is 2.89. The Morgan fingerprint density at radius 1 is 1.53 bits per heavy atom. The number of halogens is 2. The van der Waals surface area contributed by atoms with Crippen LogP contribution in [0.1, 0.15) is 24.2 Å². The van der Waals surface area contributed by atoms with Crippen molar-refractivity contribution in [1.29, 1.82) is 0 Å². The predicted molar refractivity (Wildman–Crippen MR) is 66.1 cm³/mol. The standard InChI is InChI=1S/C12H12BrFN2O/c1-8(17)10-5-15-16(7-10)6-9-4-11(13)2-3-12(9)14/h2-5,7-8,17H,6H2,1H3. The first-order chi connectivity index (χ1) is 8.06. The molecule has 0 aliphatic carbocycles. The Balaban J connectivity index is 2.22. The molecule has 2 rings (SSSR count). The van der Waals surface area contributed by atoms with Gasteiger partial charge in [0.05, 0.1) is 18.8 Å². The zero-order valence-electron chi connectivity index (χ0n) is 9.27. The lowest BCUT2D eigenvalue weighted by atomic mass is 10.2. The molecule has 3 nitrogen and oxygen atoms in total. The highest BCUT2D eigenvalue weighted by Crippen LogP contribution is 2.17. The summed E-state index contributed by atoms with van der Waals surface area (Å²) in [5, 5.41) is 13.4. The zero-order valence-corrected chi connectivity index (χ0v) is 10.9. The number of benzene rings is 1. The van der Waals surface area contributed by atoms with Gasteiger partial charge in [0.1, 0.15) is 5.82 Å². The van der Waals surface area contributed by atoms with Crippen molar-refractivity contribution in [3.63, 3.8) is 0 Å². The third-order valence-electron chi connectivity index (χ3n) is 2.48. The first kappa shape index (κ1) is 12.3. The molecule has 1 aromatic carbocycles. The molecular weight excluding hydrogens is 287 g/mol. The molecule has 1 unspecified atom stereocenters. The fraction of sp³-hybridized carbons (Fsp3) is 0.250. The van der Waals surface area contributed by atoms with Crippen molar-refractivity contribution in [2.24, 2.45) is 0 Å². The average molecular weight is 299 g/mol. The summed E-state index contributed by atoms with van der Waals surface area (Å²) in [5.41, 5.74) is 1.28. The number of aliphatic hydroxyl groups excluding tert-OH is 1. The number of rotatable bonds is 3. The fourth-order valence-electron chi connectivity index (χ4n) is 1.52. The van der Waals surface area contributed by atoms with Crippen LogP contribution < -0.4 is 0 Å². The largest absolute Gasteiger partial charge is 0.389 e. The van der Waals surface area contributed by atoms with Crippen LogP contribution in [0.25, 0.3) is 0 Å². The SMILES string of the molecule is CC(O)c1cnn(Cc2cc(Br)ccc2F)c1. The molecule has 0 aliphatic heterocycles. The van der Waals surface area contributed by atoms with E-state index in [2.05, 4.69) is 21.0 Å². The van der Waals surface area contributed by atoms with Gasteiger partial charge in [0.2, 0.25) is 0 Å². The highest BCUT2D eigenvalue weighted by Gasteiger charge is 2.07. The maximum absolute atomic E-state index is 13.5. The summed E-state index contributed by atoms with van der Waals surface area (Å²) in [6.07, 6.45) is 2.74. The van der Waals surface area contributed by atoms with Gasteiger partial charge in [-0.25, -0.2) is 4.39 Å². The monoisotopic (exact) mass is 298 g/mol. The second-order valence-corrected chi connectivity index (χ2v) is 4.80. The van der Waals surface area contributed by atoms with Crippen LogP contribution in [0.3, 0.4) is 0 Å². The fourth-order valence-corrected chi connectivity index (χ4v) is 1.93. The van der Waals surface area contributed by atoms with E-state index in [0.717, 1.165) is 10.0 Å². The molecule has 0 fully saturated rings. The second-order valence-electron chi connectivity index (χ2n) is 3.88. The molecule has 0 saturated carbocycles. The number of hydrogen-bond donors (Lipinski definition) is 1. The Labute approximate surface area is 107 Å². The van der Waals surface area contributed by atoms with Gasteiger partial charge < -0.3 is 5.11 Å². The van der Waals surface area contributed by atoms with Crippen LogP contribution >= 0.6 is 15.9 Å². The third-order valence-corrected chi connectivity index (χ3v) is 2.97. The minimum Gasteiger partial charge on any atom is -0.389 e. The molecule has 1 heterocycles. The molecule has 0 spiro atoms. The lowest BCUT2D eigenvalue weighted by molar-refractivity contribution is 0.199. The van der Waals surface area contributed by atoms with E-state index in [0.29, 0.717) is 12.1 Å². The normalized spacial score (nSPS) is 12.7. The van der Waals surface area contributed by atoms with Crippen LogP contribution in [0.4, 0.5) is 4.39 Å². The van der Waals surface area contributed by atoms with Gasteiger partial charge in [0.25, 0.3) is 0 Å². The first-order valence-corrected chi connectivity index (χ1v) is 6.00. The van der Waals surface area contributed by atoms with Gasteiger partial charge in [-0.05, 0) is 25.1 Å². The van der Waals surface area contributed by atoms with E-state index in [-0.39, 0.29) is 5.82 Å². The molecule has 1 aromatic heterocycles. The number of hydrogen-bond acceptors (Lipinski definition) is 2. The van der Waals surface area contributed by atoms with Crippen LogP contribution in [0.2, 0.25) is 0 Å². The third kappa shape index (κ3) is 2.92. The first-order valence-electron chi connectivity index (χ1n) is 5.20. The van der Waals surface area contributed by atoms with E-state index in [1.807, 2.05) is 0 Å². The van der Waals surface area contributed by atoms with Crippen LogP contribution in [0.5, 0.6) is 0 Å². The van der Waals surface area contributed by atoms with Crippen molar-refractivity contribution in [2.75, 3.05) is 0 Å². The molecule has 0 bridgehead atoms. The van der Waals surface area contributed by atoms with Crippen molar-refractivity contribution in [3.05, 3.63) is 52.0 Å². The summed E-state index contributed by atoms with van der Waals surface area (Å²) in [5.74, 6) is -0.262. The molecular formula is C12H12BrFN2O. The summed E-state index contributed by atoms with van der Waals surface area (Å²) >= 11 is 3.30. The van der Waals surface area contributed by atoms with Crippen LogP contribution in [-0.2, 0) is 6.54 Å². The lowest BCUT2D eigenvalue weighted by Crippen LogP contribution is -2.02. The maximum Gasteiger partial charge on any atom is 0.128 e. The molecule has 1 atom stereocenters. The van der Waals surface area contributed by atoms with Gasteiger partial charge >= 0.3 is 0 Å². The van der Waals surface area contributed by atoms with E-state index in [1.54, 1.807) is 36.1 Å². The molecule has 5 heteroatoms. The molecule has 1 N–H and O–H groups in total. The quantitative estimate of drug-likeness (QED) is 0.946. The van der Waals surface area contributed by atoms with E-state index < -0.39 is 6.10 Å². The number of aliphatic hydroxyl groups is 1. The summed E-state index contributed by atoms with van der Waals surface area (Å²) < 4.78 is 15.9. The van der Waals surface area contributed by atoms with Crippen molar-refractivity contribution in [2.45, 2.75) is 19.6 Å². The van der Waals surface area contributed by atoms with E-state index >= 15 is 0 Å². The van der Waals surface area contributed by atoms with Gasteiger partial charge in [0, 0.05) is 21.8 Å². The van der Waals surface area contributed by atoms with Crippen molar-refractivity contribution < 1.29 is 9.50 Å². The van der Waals surface area contributed by atoms with Gasteiger partial charge in [-0.2, -0.15) is 5.10 Å². The highest BCUT2D eigenvalue weighted by molar-refractivity contribution is 9.10.